The van der Waals surface area contributed by atoms with Gasteiger partial charge in [0, 0.05) is 11.3 Å². The van der Waals surface area contributed by atoms with Crippen LogP contribution in [0, 0.1) is 0 Å². The fourth-order valence-electron chi connectivity index (χ4n) is 3.42. The first kappa shape index (κ1) is 15.9. The Hall–Kier alpha value is -2.63. The van der Waals surface area contributed by atoms with Gasteiger partial charge in [-0.05, 0) is 25.0 Å². The molecule has 0 saturated heterocycles. The van der Waals surface area contributed by atoms with Crippen LogP contribution in [0.15, 0.2) is 39.3 Å². The number of benzene rings is 1. The van der Waals surface area contributed by atoms with Crippen LogP contribution in [-0.2, 0) is 5.54 Å². The molecule has 6 heteroatoms. The molecule has 0 bridgehead atoms. The lowest BCUT2D eigenvalue weighted by Crippen LogP contribution is -2.44. The Labute approximate surface area is 145 Å². The summed E-state index contributed by atoms with van der Waals surface area (Å²) in [6, 6.07) is 9.35. The van der Waals surface area contributed by atoms with Crippen LogP contribution in [0.5, 0.6) is 0 Å². The molecule has 0 atom stereocenters. The smallest absolute Gasteiger partial charge is 0.287 e. The highest BCUT2D eigenvalue weighted by atomic mass is 16.5. The summed E-state index contributed by atoms with van der Waals surface area (Å²) in [5.41, 5.74) is 0.127. The monoisotopic (exact) mass is 339 g/mol. The van der Waals surface area contributed by atoms with Crippen LogP contribution in [-0.4, -0.2) is 16.0 Å². The summed E-state index contributed by atoms with van der Waals surface area (Å²) in [7, 11) is 0. The minimum atomic E-state index is -0.577. The van der Waals surface area contributed by atoms with Crippen molar-refractivity contribution in [1.29, 1.82) is 0 Å². The van der Waals surface area contributed by atoms with Gasteiger partial charge in [-0.1, -0.05) is 50.0 Å². The summed E-state index contributed by atoms with van der Waals surface area (Å²) in [5.74, 6) is 1.39. The average molecular weight is 339 g/mol. The second-order valence-electron chi connectivity index (χ2n) is 7.00. The van der Waals surface area contributed by atoms with E-state index in [0.717, 1.165) is 31.1 Å². The fraction of sp³-hybridized carbons (Fsp3) is 0.421. The van der Waals surface area contributed by atoms with Crippen LogP contribution >= 0.6 is 0 Å². The number of nitrogens with zero attached hydrogens (tertiary/aromatic N) is 2. The van der Waals surface area contributed by atoms with Gasteiger partial charge < -0.3 is 14.3 Å². The Morgan fingerprint density at radius 2 is 2.00 bits per heavy atom. The highest BCUT2D eigenvalue weighted by Crippen LogP contribution is 2.38. The number of hydrogen-bond donors (Lipinski definition) is 1. The number of nitrogens with one attached hydrogen (secondary N) is 1. The zero-order valence-electron chi connectivity index (χ0n) is 14.4. The van der Waals surface area contributed by atoms with E-state index in [1.54, 1.807) is 6.07 Å². The van der Waals surface area contributed by atoms with Crippen LogP contribution < -0.4 is 5.32 Å². The van der Waals surface area contributed by atoms with Crippen LogP contribution in [0.1, 0.15) is 67.7 Å². The Morgan fingerprint density at radius 3 is 2.68 bits per heavy atom. The summed E-state index contributed by atoms with van der Waals surface area (Å²) < 4.78 is 11.1. The van der Waals surface area contributed by atoms with Crippen molar-refractivity contribution in [1.82, 2.24) is 15.5 Å². The van der Waals surface area contributed by atoms with Crippen molar-refractivity contribution in [3.63, 3.8) is 0 Å². The van der Waals surface area contributed by atoms with Gasteiger partial charge in [0.25, 0.3) is 5.91 Å². The predicted octanol–water partition coefficient (Wildman–Crippen LogP) is 4.14. The van der Waals surface area contributed by atoms with Gasteiger partial charge in [-0.15, -0.1) is 0 Å². The topological polar surface area (TPSA) is 81.2 Å². The number of fused-ring (bicyclic) bond motifs is 1. The molecular weight excluding hydrogens is 318 g/mol. The number of para-hydroxylation sites is 1. The molecule has 4 rings (SSSR count). The lowest BCUT2D eigenvalue weighted by molar-refractivity contribution is 0.0865. The second-order valence-corrected chi connectivity index (χ2v) is 7.00. The third-order valence-electron chi connectivity index (χ3n) is 4.82. The Morgan fingerprint density at radius 1 is 1.24 bits per heavy atom. The zero-order valence-corrected chi connectivity index (χ0v) is 14.4. The number of carbonyl (C=O) groups excluding carboxylic acids is 1. The van der Waals surface area contributed by atoms with E-state index in [2.05, 4.69) is 15.5 Å². The highest BCUT2D eigenvalue weighted by Gasteiger charge is 2.42. The quantitative estimate of drug-likeness (QED) is 0.772. The Kier molecular flexibility index (Phi) is 3.82. The molecule has 1 aliphatic rings. The van der Waals surface area contributed by atoms with Crippen LogP contribution in [0.4, 0.5) is 0 Å². The van der Waals surface area contributed by atoms with Gasteiger partial charge in [-0.2, -0.15) is 4.98 Å². The molecule has 1 aliphatic carbocycles. The standard InChI is InChI=1S/C19H21N3O3/c1-12(2)17-20-18(22-25-17)19(9-5-6-10-19)21-16(23)15-11-13-7-3-4-8-14(13)24-15/h3-4,7-8,11-12H,5-6,9-10H2,1-2H3,(H,21,23). The average Bonchev–Trinajstić information content (AvgIpc) is 3.33. The number of furan rings is 1. The van der Waals surface area contributed by atoms with E-state index in [0.29, 0.717) is 23.1 Å². The second kappa shape index (κ2) is 6.02. The summed E-state index contributed by atoms with van der Waals surface area (Å²) in [6.07, 6.45) is 3.64. The molecule has 0 unspecified atom stereocenters. The van der Waals surface area contributed by atoms with Crippen molar-refractivity contribution >= 4 is 16.9 Å². The molecule has 2 heterocycles. The molecule has 2 aromatic heterocycles. The SMILES string of the molecule is CC(C)c1nc(C2(NC(=O)c3cc4ccccc4o3)CCCC2)no1. The van der Waals surface area contributed by atoms with E-state index >= 15 is 0 Å². The number of aromatic nitrogens is 2. The number of hydrogen-bond acceptors (Lipinski definition) is 5. The van der Waals surface area contributed by atoms with E-state index in [9.17, 15) is 4.79 Å². The van der Waals surface area contributed by atoms with E-state index in [-0.39, 0.29) is 11.8 Å². The van der Waals surface area contributed by atoms with Crippen molar-refractivity contribution in [2.24, 2.45) is 0 Å². The van der Waals surface area contributed by atoms with Crippen molar-refractivity contribution in [3.8, 4) is 0 Å². The molecule has 1 saturated carbocycles. The van der Waals surface area contributed by atoms with Crippen LogP contribution in [0.25, 0.3) is 11.0 Å². The fourth-order valence-corrected chi connectivity index (χ4v) is 3.42. The molecule has 0 spiro atoms. The lowest BCUT2D eigenvalue weighted by Gasteiger charge is -2.26. The van der Waals surface area contributed by atoms with Gasteiger partial charge in [0.05, 0.1) is 0 Å². The zero-order chi connectivity index (χ0) is 17.4. The van der Waals surface area contributed by atoms with Crippen molar-refractivity contribution in [2.45, 2.75) is 51.0 Å². The molecule has 0 radical (unpaired) electrons. The van der Waals surface area contributed by atoms with Crippen molar-refractivity contribution in [2.75, 3.05) is 0 Å². The van der Waals surface area contributed by atoms with Crippen LogP contribution in [0.2, 0.25) is 0 Å². The molecule has 1 amide bonds. The van der Waals surface area contributed by atoms with Crippen molar-refractivity contribution < 1.29 is 13.7 Å². The largest absolute Gasteiger partial charge is 0.451 e. The number of carbonyl (C=O) groups is 1. The lowest BCUT2D eigenvalue weighted by atomic mass is 9.96. The first-order valence-electron chi connectivity index (χ1n) is 8.73. The molecule has 1 fully saturated rings. The predicted molar refractivity (Wildman–Crippen MR) is 92.2 cm³/mol. The molecular formula is C19H21N3O3. The summed E-state index contributed by atoms with van der Waals surface area (Å²) >= 11 is 0. The van der Waals surface area contributed by atoms with Gasteiger partial charge >= 0.3 is 0 Å². The minimum absolute atomic E-state index is 0.158. The van der Waals surface area contributed by atoms with Gasteiger partial charge in [-0.25, -0.2) is 0 Å². The minimum Gasteiger partial charge on any atom is -0.451 e. The van der Waals surface area contributed by atoms with Crippen LogP contribution in [0.3, 0.4) is 0 Å². The van der Waals surface area contributed by atoms with Crippen molar-refractivity contribution in [3.05, 3.63) is 47.8 Å². The number of amides is 1. The van der Waals surface area contributed by atoms with Gasteiger partial charge in [-0.3, -0.25) is 4.79 Å². The molecule has 1 aromatic carbocycles. The maximum absolute atomic E-state index is 12.8. The summed E-state index contributed by atoms with van der Waals surface area (Å²) in [5, 5.41) is 8.18. The number of rotatable bonds is 4. The van der Waals surface area contributed by atoms with E-state index in [1.165, 1.54) is 0 Å². The third kappa shape index (κ3) is 2.81. The maximum Gasteiger partial charge on any atom is 0.287 e. The molecule has 0 aliphatic heterocycles. The van der Waals surface area contributed by atoms with E-state index in [4.69, 9.17) is 8.94 Å². The summed E-state index contributed by atoms with van der Waals surface area (Å²) in [6.45, 7) is 4.01. The molecule has 3 aromatic rings. The van der Waals surface area contributed by atoms with Gasteiger partial charge in [0.15, 0.2) is 11.6 Å². The van der Waals surface area contributed by atoms with Gasteiger partial charge in [0.2, 0.25) is 5.89 Å². The highest BCUT2D eigenvalue weighted by molar-refractivity contribution is 5.96. The normalized spacial score (nSPS) is 16.6. The molecule has 1 N–H and O–H groups in total. The first-order valence-corrected chi connectivity index (χ1v) is 8.73. The molecule has 6 nitrogen and oxygen atoms in total. The summed E-state index contributed by atoms with van der Waals surface area (Å²) in [4.78, 5) is 17.3. The third-order valence-corrected chi connectivity index (χ3v) is 4.82. The van der Waals surface area contributed by atoms with E-state index in [1.807, 2.05) is 38.1 Å². The molecule has 130 valence electrons. The maximum atomic E-state index is 12.8. The van der Waals surface area contributed by atoms with E-state index < -0.39 is 5.54 Å². The van der Waals surface area contributed by atoms with Gasteiger partial charge in [0.1, 0.15) is 11.1 Å². The Balaban J connectivity index is 1.63. The molecule has 25 heavy (non-hydrogen) atoms. The Bertz CT molecular complexity index is 870. The first-order chi connectivity index (χ1) is 12.1.